The van der Waals surface area contributed by atoms with E-state index in [9.17, 15) is 15.0 Å². The summed E-state index contributed by atoms with van der Waals surface area (Å²) >= 11 is 0. The Morgan fingerprint density at radius 1 is 1.34 bits per heavy atom. The number of hydrogen-bond acceptors (Lipinski definition) is 7. The minimum atomic E-state index is -0.796. The largest absolute Gasteiger partial charge is 0.394 e. The average molecular weight is 399 g/mol. The predicted molar refractivity (Wildman–Crippen MR) is 108 cm³/mol. The Morgan fingerprint density at radius 2 is 2.14 bits per heavy atom. The molecule has 9 nitrogen and oxygen atoms in total. The second kappa shape index (κ2) is 8.32. The van der Waals surface area contributed by atoms with Crippen molar-refractivity contribution in [2.75, 3.05) is 11.9 Å². The molecule has 9 heteroatoms. The lowest BCUT2D eigenvalue weighted by molar-refractivity contribution is -0.0431. The SMILES string of the molecule is CCCCc1ccc(Nc2nc3ncn([C@@H]4C[C@H](O)[C@@H](CO)O4)c3c(=O)[nH]2)cc1. The van der Waals surface area contributed by atoms with Crippen molar-refractivity contribution in [1.29, 1.82) is 0 Å². The van der Waals surface area contributed by atoms with Gasteiger partial charge in [-0.15, -0.1) is 0 Å². The molecule has 1 fully saturated rings. The smallest absolute Gasteiger partial charge is 0.278 e. The third-order valence-electron chi connectivity index (χ3n) is 5.17. The van der Waals surface area contributed by atoms with Gasteiger partial charge in [-0.2, -0.15) is 4.98 Å². The molecule has 1 aliphatic rings. The van der Waals surface area contributed by atoms with E-state index in [1.807, 2.05) is 12.1 Å². The van der Waals surface area contributed by atoms with Crippen molar-refractivity contribution in [1.82, 2.24) is 19.5 Å². The van der Waals surface area contributed by atoms with E-state index in [1.54, 1.807) is 4.57 Å². The van der Waals surface area contributed by atoms with Crippen LogP contribution in [-0.2, 0) is 11.2 Å². The fourth-order valence-electron chi connectivity index (χ4n) is 3.55. The molecular formula is C20H25N5O4. The highest BCUT2D eigenvalue weighted by Gasteiger charge is 2.35. The normalized spacial score (nSPS) is 21.7. The number of aliphatic hydroxyl groups excluding tert-OH is 2. The quantitative estimate of drug-likeness (QED) is 0.478. The molecule has 1 aliphatic heterocycles. The summed E-state index contributed by atoms with van der Waals surface area (Å²) in [6.45, 7) is 1.88. The van der Waals surface area contributed by atoms with Crippen molar-refractivity contribution in [3.8, 4) is 0 Å². The van der Waals surface area contributed by atoms with Crippen LogP contribution in [0.3, 0.4) is 0 Å². The van der Waals surface area contributed by atoms with E-state index in [2.05, 4.69) is 39.3 Å². The molecule has 29 heavy (non-hydrogen) atoms. The van der Waals surface area contributed by atoms with Gasteiger partial charge in [-0.1, -0.05) is 25.5 Å². The van der Waals surface area contributed by atoms with Gasteiger partial charge < -0.3 is 20.3 Å². The summed E-state index contributed by atoms with van der Waals surface area (Å²) in [5.41, 5.74) is 2.27. The maximum atomic E-state index is 12.7. The summed E-state index contributed by atoms with van der Waals surface area (Å²) in [7, 11) is 0. The van der Waals surface area contributed by atoms with Gasteiger partial charge in [0.15, 0.2) is 11.2 Å². The molecule has 3 heterocycles. The first-order valence-electron chi connectivity index (χ1n) is 9.86. The molecule has 3 aromatic rings. The number of nitrogens with one attached hydrogen (secondary N) is 2. The third kappa shape index (κ3) is 4.02. The number of aliphatic hydroxyl groups is 2. The van der Waals surface area contributed by atoms with Gasteiger partial charge in [0.25, 0.3) is 5.56 Å². The first-order valence-corrected chi connectivity index (χ1v) is 9.86. The number of anilines is 2. The Kier molecular flexibility index (Phi) is 5.61. The van der Waals surface area contributed by atoms with Crippen LogP contribution in [0.15, 0.2) is 35.4 Å². The summed E-state index contributed by atoms with van der Waals surface area (Å²) < 4.78 is 7.17. The summed E-state index contributed by atoms with van der Waals surface area (Å²) in [5.74, 6) is 0.301. The van der Waals surface area contributed by atoms with E-state index in [0.29, 0.717) is 5.95 Å². The number of nitrogens with zero attached hydrogens (tertiary/aromatic N) is 3. The zero-order valence-electron chi connectivity index (χ0n) is 16.2. The highest BCUT2D eigenvalue weighted by molar-refractivity contribution is 5.72. The van der Waals surface area contributed by atoms with Crippen LogP contribution < -0.4 is 10.9 Å². The van der Waals surface area contributed by atoms with Gasteiger partial charge in [0.2, 0.25) is 5.95 Å². The van der Waals surface area contributed by atoms with Crippen molar-refractivity contribution < 1.29 is 14.9 Å². The zero-order chi connectivity index (χ0) is 20.4. The summed E-state index contributed by atoms with van der Waals surface area (Å²) in [5, 5.41) is 22.3. The first kappa shape index (κ1) is 19.6. The number of aromatic nitrogens is 4. The number of H-pyrrole nitrogens is 1. The Balaban J connectivity index is 1.55. The van der Waals surface area contributed by atoms with Gasteiger partial charge in [0.05, 0.1) is 19.0 Å². The average Bonchev–Trinajstić information content (AvgIpc) is 3.31. The lowest BCUT2D eigenvalue weighted by Gasteiger charge is -2.13. The molecule has 0 radical (unpaired) electrons. The number of unbranched alkanes of at least 4 members (excludes halogenated alkanes) is 1. The highest BCUT2D eigenvalue weighted by Crippen LogP contribution is 2.30. The number of benzene rings is 1. The maximum Gasteiger partial charge on any atom is 0.278 e. The van der Waals surface area contributed by atoms with Crippen LogP contribution in [0.5, 0.6) is 0 Å². The molecule has 0 aliphatic carbocycles. The fourth-order valence-corrected chi connectivity index (χ4v) is 3.55. The molecule has 0 spiro atoms. The molecule has 4 rings (SSSR count). The Hall–Kier alpha value is -2.75. The Morgan fingerprint density at radius 3 is 2.83 bits per heavy atom. The molecule has 4 N–H and O–H groups in total. The van der Waals surface area contributed by atoms with Gasteiger partial charge in [-0.25, -0.2) is 4.98 Å². The molecule has 0 unspecified atom stereocenters. The van der Waals surface area contributed by atoms with Gasteiger partial charge in [0, 0.05) is 12.1 Å². The third-order valence-corrected chi connectivity index (χ3v) is 5.17. The maximum absolute atomic E-state index is 12.7. The lowest BCUT2D eigenvalue weighted by atomic mass is 10.1. The van der Waals surface area contributed by atoms with Crippen LogP contribution >= 0.6 is 0 Å². The van der Waals surface area contributed by atoms with E-state index in [1.165, 1.54) is 11.9 Å². The van der Waals surface area contributed by atoms with E-state index < -0.39 is 18.4 Å². The minimum Gasteiger partial charge on any atom is -0.394 e. The molecule has 0 bridgehead atoms. The van der Waals surface area contributed by atoms with Crippen molar-refractivity contribution in [2.24, 2.45) is 0 Å². The van der Waals surface area contributed by atoms with Crippen LogP contribution in [0.1, 0.15) is 38.0 Å². The second-order valence-electron chi connectivity index (χ2n) is 7.28. The Bertz CT molecular complexity index is 1030. The van der Waals surface area contributed by atoms with E-state index >= 15 is 0 Å². The van der Waals surface area contributed by atoms with E-state index in [-0.39, 0.29) is 29.8 Å². The molecule has 3 atom stereocenters. The Labute approximate surface area is 167 Å². The van der Waals surface area contributed by atoms with Crippen LogP contribution in [-0.4, -0.2) is 48.5 Å². The number of rotatable bonds is 7. The molecule has 154 valence electrons. The molecule has 0 saturated carbocycles. The fraction of sp³-hybridized carbons (Fsp3) is 0.450. The summed E-state index contributed by atoms with van der Waals surface area (Å²) in [4.78, 5) is 24.0. The van der Waals surface area contributed by atoms with Crippen LogP contribution in [0.25, 0.3) is 11.2 Å². The van der Waals surface area contributed by atoms with Gasteiger partial charge in [-0.3, -0.25) is 14.3 Å². The summed E-state index contributed by atoms with van der Waals surface area (Å²) in [6.07, 6.45) is 3.04. The van der Waals surface area contributed by atoms with E-state index in [0.717, 1.165) is 24.9 Å². The van der Waals surface area contributed by atoms with Gasteiger partial charge >= 0.3 is 0 Å². The van der Waals surface area contributed by atoms with Crippen LogP contribution in [0.2, 0.25) is 0 Å². The topological polar surface area (TPSA) is 125 Å². The van der Waals surface area contributed by atoms with Crippen molar-refractivity contribution in [2.45, 2.75) is 51.0 Å². The molecule has 0 amide bonds. The molecule has 2 aromatic heterocycles. The highest BCUT2D eigenvalue weighted by atomic mass is 16.5. The summed E-state index contributed by atoms with van der Waals surface area (Å²) in [6, 6.07) is 8.03. The van der Waals surface area contributed by atoms with Crippen molar-refractivity contribution in [3.63, 3.8) is 0 Å². The molecule has 1 saturated heterocycles. The standard InChI is InChI=1S/C20H25N5O4/c1-2-3-4-12-5-7-13(8-6-12)22-20-23-18-17(19(28)24-20)25(11-21-18)16-9-14(27)15(10-26)29-16/h5-8,11,14-16,26-27H,2-4,9-10H2,1H3,(H2,22,23,24,28)/t14-,15+,16-/m0/s1. The molecular weight excluding hydrogens is 374 g/mol. The lowest BCUT2D eigenvalue weighted by Crippen LogP contribution is -2.24. The van der Waals surface area contributed by atoms with Crippen molar-refractivity contribution in [3.05, 3.63) is 46.5 Å². The van der Waals surface area contributed by atoms with Gasteiger partial charge in [-0.05, 0) is 30.5 Å². The van der Waals surface area contributed by atoms with Gasteiger partial charge in [0.1, 0.15) is 12.3 Å². The van der Waals surface area contributed by atoms with E-state index in [4.69, 9.17) is 4.74 Å². The number of aromatic amines is 1. The monoisotopic (exact) mass is 399 g/mol. The number of fused-ring (bicyclic) bond motifs is 1. The number of imidazole rings is 1. The number of aryl methyl sites for hydroxylation is 1. The van der Waals surface area contributed by atoms with Crippen LogP contribution in [0, 0.1) is 0 Å². The number of hydrogen-bond donors (Lipinski definition) is 4. The predicted octanol–water partition coefficient (Wildman–Crippen LogP) is 1.85. The molecule has 1 aromatic carbocycles. The van der Waals surface area contributed by atoms with Crippen LogP contribution in [0.4, 0.5) is 11.6 Å². The van der Waals surface area contributed by atoms with Crippen molar-refractivity contribution >= 4 is 22.8 Å². The minimum absolute atomic E-state index is 0.264. The second-order valence-corrected chi connectivity index (χ2v) is 7.28. The first-order chi connectivity index (χ1) is 14.1. The zero-order valence-corrected chi connectivity index (χ0v) is 16.2. The number of ether oxygens (including phenoxy) is 1.